The lowest BCUT2D eigenvalue weighted by Gasteiger charge is -2.56. The second-order valence-corrected chi connectivity index (χ2v) is 7.10. The summed E-state index contributed by atoms with van der Waals surface area (Å²) in [6.45, 7) is 0.744. The molecule has 1 saturated heterocycles. The molecule has 2 N–H and O–H groups in total. The van der Waals surface area contributed by atoms with Gasteiger partial charge in [-0.3, -0.25) is 14.9 Å². The van der Waals surface area contributed by atoms with Crippen molar-refractivity contribution in [3.63, 3.8) is 0 Å². The van der Waals surface area contributed by atoms with Crippen LogP contribution in [0.1, 0.15) is 42.5 Å². The number of nitrogens with zero attached hydrogens (tertiary/aromatic N) is 1. The highest BCUT2D eigenvalue weighted by Crippen LogP contribution is 2.60. The smallest absolute Gasteiger partial charge is 0.311 e. The highest BCUT2D eigenvalue weighted by Gasteiger charge is 2.65. The molecule has 3 fully saturated rings. The average Bonchev–Trinajstić information content (AvgIpc) is 3.21. The molecule has 4 rings (SSSR count). The van der Waals surface area contributed by atoms with Gasteiger partial charge in [-0.15, -0.1) is 0 Å². The molecular weight excluding hydrogens is 312 g/mol. The third-order valence-electron chi connectivity index (χ3n) is 6.01. The van der Waals surface area contributed by atoms with E-state index < -0.39 is 16.4 Å². The predicted molar refractivity (Wildman–Crippen MR) is 84.8 cm³/mol. The van der Waals surface area contributed by atoms with Gasteiger partial charge in [-0.2, -0.15) is 0 Å². The first-order valence-electron chi connectivity index (χ1n) is 8.43. The molecule has 0 bridgehead atoms. The summed E-state index contributed by atoms with van der Waals surface area (Å²) >= 11 is 0. The Labute approximate surface area is 139 Å². The van der Waals surface area contributed by atoms with E-state index >= 15 is 0 Å². The van der Waals surface area contributed by atoms with Crippen LogP contribution in [-0.4, -0.2) is 34.7 Å². The van der Waals surface area contributed by atoms with Crippen molar-refractivity contribution < 1.29 is 19.6 Å². The maximum atomic E-state index is 12.6. The standard InChI is InChI=1S/C17H20N2O5/c20-13-4-3-10(9-12(13)19(22)23)16(21)18-14-11-5-8-24-15(11)17(14)6-1-2-7-17/h3-4,9,11,14-15,20H,1-2,5-8H2,(H,18,21)/t11-,14+,15-/m0/s1. The molecule has 1 amide bonds. The van der Waals surface area contributed by atoms with Crippen LogP contribution in [-0.2, 0) is 4.74 Å². The fraction of sp³-hybridized carbons (Fsp3) is 0.588. The van der Waals surface area contributed by atoms with Crippen LogP contribution in [0.4, 0.5) is 5.69 Å². The highest BCUT2D eigenvalue weighted by molar-refractivity contribution is 5.95. The number of carbonyl (C=O) groups excluding carboxylic acids is 1. The van der Waals surface area contributed by atoms with Crippen LogP contribution < -0.4 is 5.32 Å². The summed E-state index contributed by atoms with van der Waals surface area (Å²) < 4.78 is 5.90. The third kappa shape index (κ3) is 2.11. The lowest BCUT2D eigenvalue weighted by Crippen LogP contribution is -2.68. The number of amides is 1. The van der Waals surface area contributed by atoms with Crippen molar-refractivity contribution in [3.05, 3.63) is 33.9 Å². The minimum absolute atomic E-state index is 0.0413. The molecule has 24 heavy (non-hydrogen) atoms. The van der Waals surface area contributed by atoms with Crippen LogP contribution >= 0.6 is 0 Å². The van der Waals surface area contributed by atoms with Gasteiger partial charge in [0, 0.05) is 35.6 Å². The number of nitro benzene ring substituents is 1. The molecular formula is C17H20N2O5. The topological polar surface area (TPSA) is 102 Å². The lowest BCUT2D eigenvalue weighted by molar-refractivity contribution is -0.385. The zero-order chi connectivity index (χ0) is 16.9. The van der Waals surface area contributed by atoms with Crippen LogP contribution in [0.2, 0.25) is 0 Å². The van der Waals surface area contributed by atoms with Gasteiger partial charge >= 0.3 is 5.69 Å². The van der Waals surface area contributed by atoms with Crippen molar-refractivity contribution in [1.29, 1.82) is 0 Å². The van der Waals surface area contributed by atoms with Gasteiger partial charge in [-0.05, 0) is 31.4 Å². The molecule has 2 aliphatic carbocycles. The molecule has 1 aromatic carbocycles. The van der Waals surface area contributed by atoms with Crippen LogP contribution in [0, 0.1) is 21.4 Å². The number of hydrogen-bond acceptors (Lipinski definition) is 5. The van der Waals surface area contributed by atoms with Gasteiger partial charge in [0.15, 0.2) is 5.75 Å². The lowest BCUT2D eigenvalue weighted by atomic mass is 9.54. The van der Waals surface area contributed by atoms with Gasteiger partial charge in [0.1, 0.15) is 0 Å². The fourth-order valence-corrected chi connectivity index (χ4v) is 4.94. The van der Waals surface area contributed by atoms with Crippen molar-refractivity contribution in [2.45, 2.75) is 44.2 Å². The normalized spacial score (nSPS) is 29.9. The number of benzene rings is 1. The Morgan fingerprint density at radius 1 is 1.38 bits per heavy atom. The largest absolute Gasteiger partial charge is 0.502 e. The van der Waals surface area contributed by atoms with E-state index in [4.69, 9.17) is 4.74 Å². The summed E-state index contributed by atoms with van der Waals surface area (Å²) in [4.78, 5) is 22.9. The summed E-state index contributed by atoms with van der Waals surface area (Å²) in [6.07, 6.45) is 5.64. The molecule has 7 heteroatoms. The first-order chi connectivity index (χ1) is 11.5. The first-order valence-corrected chi connectivity index (χ1v) is 8.43. The van der Waals surface area contributed by atoms with E-state index in [1.54, 1.807) is 0 Å². The Morgan fingerprint density at radius 2 is 2.12 bits per heavy atom. The number of ether oxygens (including phenoxy) is 1. The number of phenols is 1. The van der Waals surface area contributed by atoms with E-state index in [2.05, 4.69) is 5.32 Å². The number of nitro groups is 1. The molecule has 3 aliphatic rings. The number of nitrogens with one attached hydrogen (secondary N) is 1. The van der Waals surface area contributed by atoms with E-state index in [-0.39, 0.29) is 29.0 Å². The number of fused-ring (bicyclic) bond motifs is 2. The van der Waals surface area contributed by atoms with Gasteiger partial charge in [0.05, 0.1) is 11.0 Å². The molecule has 2 saturated carbocycles. The van der Waals surface area contributed by atoms with Crippen molar-refractivity contribution in [2.24, 2.45) is 11.3 Å². The fourth-order valence-electron chi connectivity index (χ4n) is 4.94. The molecule has 7 nitrogen and oxygen atoms in total. The molecule has 1 aromatic rings. The Morgan fingerprint density at radius 3 is 2.83 bits per heavy atom. The Hall–Kier alpha value is -2.15. The maximum absolute atomic E-state index is 12.6. The monoisotopic (exact) mass is 332 g/mol. The van der Waals surface area contributed by atoms with E-state index in [9.17, 15) is 20.0 Å². The van der Waals surface area contributed by atoms with Crippen molar-refractivity contribution in [1.82, 2.24) is 5.32 Å². The Bertz CT molecular complexity index is 698. The van der Waals surface area contributed by atoms with Gasteiger partial charge in [-0.25, -0.2) is 0 Å². The number of hydrogen-bond donors (Lipinski definition) is 2. The summed E-state index contributed by atoms with van der Waals surface area (Å²) in [6, 6.07) is 3.82. The quantitative estimate of drug-likeness (QED) is 0.653. The van der Waals surface area contributed by atoms with Gasteiger partial charge in [0.2, 0.25) is 0 Å². The third-order valence-corrected chi connectivity index (χ3v) is 6.01. The molecule has 1 aliphatic heterocycles. The number of carbonyl (C=O) groups is 1. The number of phenolic OH excluding ortho intramolecular Hbond substituents is 1. The molecule has 0 aromatic heterocycles. The molecule has 128 valence electrons. The van der Waals surface area contributed by atoms with Crippen LogP contribution in [0.15, 0.2) is 18.2 Å². The zero-order valence-corrected chi connectivity index (χ0v) is 13.2. The number of aromatic hydroxyl groups is 1. The molecule has 1 spiro atoms. The van der Waals surface area contributed by atoms with Crippen molar-refractivity contribution in [3.8, 4) is 5.75 Å². The van der Waals surface area contributed by atoms with E-state index in [1.165, 1.54) is 12.1 Å². The second-order valence-electron chi connectivity index (χ2n) is 7.10. The van der Waals surface area contributed by atoms with Crippen LogP contribution in [0.3, 0.4) is 0 Å². The summed E-state index contributed by atoms with van der Waals surface area (Å²) in [5.74, 6) is -0.407. The molecule has 0 unspecified atom stereocenters. The Balaban J connectivity index is 1.56. The summed E-state index contributed by atoms with van der Waals surface area (Å²) in [5, 5.41) is 23.6. The Kier molecular flexibility index (Phi) is 3.49. The number of rotatable bonds is 3. The average molecular weight is 332 g/mol. The summed E-state index contributed by atoms with van der Waals surface area (Å²) in [7, 11) is 0. The van der Waals surface area contributed by atoms with Crippen molar-refractivity contribution >= 4 is 11.6 Å². The van der Waals surface area contributed by atoms with E-state index in [0.717, 1.165) is 44.8 Å². The predicted octanol–water partition coefficient (Wildman–Crippen LogP) is 2.38. The van der Waals surface area contributed by atoms with Gasteiger partial charge in [-0.1, -0.05) is 12.8 Å². The van der Waals surface area contributed by atoms with Gasteiger partial charge < -0.3 is 15.2 Å². The zero-order valence-electron chi connectivity index (χ0n) is 13.2. The highest BCUT2D eigenvalue weighted by atomic mass is 16.6. The van der Waals surface area contributed by atoms with Crippen LogP contribution in [0.25, 0.3) is 0 Å². The maximum Gasteiger partial charge on any atom is 0.311 e. The summed E-state index contributed by atoms with van der Waals surface area (Å²) in [5.41, 5.74) is -0.205. The molecule has 3 atom stereocenters. The van der Waals surface area contributed by atoms with Gasteiger partial charge in [0.25, 0.3) is 5.91 Å². The first kappa shape index (κ1) is 15.4. The second kappa shape index (κ2) is 5.44. The van der Waals surface area contributed by atoms with Crippen LogP contribution in [0.5, 0.6) is 5.75 Å². The molecule has 1 heterocycles. The van der Waals surface area contributed by atoms with E-state index in [0.29, 0.717) is 5.92 Å². The minimum Gasteiger partial charge on any atom is -0.502 e. The van der Waals surface area contributed by atoms with E-state index in [1.807, 2.05) is 0 Å². The minimum atomic E-state index is -0.686. The molecule has 0 radical (unpaired) electrons. The SMILES string of the molecule is O=C(N[C@@H]1[C@@H]2CCO[C@@H]2C12CCCC2)c1ccc(O)c([N+](=O)[O-])c1. The van der Waals surface area contributed by atoms with Crippen molar-refractivity contribution in [2.75, 3.05) is 6.61 Å².